The van der Waals surface area contributed by atoms with Crippen molar-refractivity contribution in [3.8, 4) is 17.0 Å². The van der Waals surface area contributed by atoms with Gasteiger partial charge in [0.05, 0.1) is 24.7 Å². The van der Waals surface area contributed by atoms with Crippen LogP contribution in [0.5, 0.6) is 5.75 Å². The normalized spacial score (nSPS) is 14.6. The molecule has 0 saturated heterocycles. The first kappa shape index (κ1) is 19.3. The number of aromatic nitrogens is 5. The topological polar surface area (TPSA) is 136 Å². The first-order valence-corrected chi connectivity index (χ1v) is 10.2. The highest BCUT2D eigenvalue weighted by Gasteiger charge is 2.30. The Kier molecular flexibility index (Phi) is 5.55. The van der Waals surface area contributed by atoms with Gasteiger partial charge >= 0.3 is 0 Å². The van der Waals surface area contributed by atoms with Gasteiger partial charge in [0.2, 0.25) is 5.91 Å². The van der Waals surface area contributed by atoms with Crippen LogP contribution in [-0.4, -0.2) is 57.5 Å². The van der Waals surface area contributed by atoms with Crippen molar-refractivity contribution in [1.29, 1.82) is 0 Å². The Morgan fingerprint density at radius 2 is 2.12 bits per heavy atom. The largest absolute Gasteiger partial charge is 0.494 e. The molecule has 2 aromatic heterocycles. The van der Waals surface area contributed by atoms with Crippen molar-refractivity contribution in [1.82, 2.24) is 30.5 Å². The summed E-state index contributed by atoms with van der Waals surface area (Å²) in [7, 11) is 1.38. The molecule has 1 aromatic carbocycles. The van der Waals surface area contributed by atoms with E-state index in [2.05, 4.69) is 31.0 Å². The molecule has 3 N–H and O–H groups in total. The zero-order valence-corrected chi connectivity index (χ0v) is 17.9. The van der Waals surface area contributed by atoms with Gasteiger partial charge in [0, 0.05) is 28.6 Å². The highest BCUT2D eigenvalue weighted by atomic mass is 19.3. The predicted molar refractivity (Wildman–Crippen MR) is 118 cm³/mol. The molecular weight excluding hydrogens is 450 g/mol. The van der Waals surface area contributed by atoms with Crippen LogP contribution in [0.4, 0.5) is 26.0 Å². The smallest absolute Gasteiger partial charge is 0.273 e. The lowest BCUT2D eigenvalue weighted by Crippen LogP contribution is -2.22. The molecule has 13 heteroatoms. The average molecular weight is 475 g/mol. The molecule has 1 aliphatic carbocycles. The number of methoxy groups -OCH3 is 1. The van der Waals surface area contributed by atoms with E-state index in [0.717, 1.165) is 17.6 Å². The number of ether oxygens (including phenoxy) is 1. The van der Waals surface area contributed by atoms with E-state index in [4.69, 9.17) is 8.85 Å². The number of anilines is 3. The second-order valence-electron chi connectivity index (χ2n) is 7.40. The lowest BCUT2D eigenvalue weighted by atomic mass is 10.1. The van der Waals surface area contributed by atoms with Crippen molar-refractivity contribution in [2.24, 2.45) is 5.92 Å². The monoisotopic (exact) mass is 475 g/mol. The molecule has 0 radical (unpaired) electrons. The van der Waals surface area contributed by atoms with Crippen molar-refractivity contribution < 1.29 is 27.2 Å². The van der Waals surface area contributed by atoms with Crippen LogP contribution in [0.2, 0.25) is 0 Å². The van der Waals surface area contributed by atoms with Gasteiger partial charge in [0.25, 0.3) is 12.3 Å². The van der Waals surface area contributed by atoms with Crippen molar-refractivity contribution >= 4 is 29.0 Å². The third-order valence-corrected chi connectivity index (χ3v) is 4.92. The number of alkyl halides is 2. The Hall–Kier alpha value is -4.16. The number of carbonyl (C=O) groups is 2. The maximum absolute atomic E-state index is 12.7. The van der Waals surface area contributed by atoms with Crippen molar-refractivity contribution in [3.63, 3.8) is 0 Å². The Balaban J connectivity index is 1.70. The van der Waals surface area contributed by atoms with E-state index in [1.807, 2.05) is 5.32 Å². The Labute approximate surface area is 197 Å². The van der Waals surface area contributed by atoms with Gasteiger partial charge in [0.1, 0.15) is 12.2 Å². The van der Waals surface area contributed by atoms with Crippen molar-refractivity contribution in [2.45, 2.75) is 25.8 Å². The van der Waals surface area contributed by atoms with Crippen LogP contribution < -0.4 is 20.7 Å². The van der Waals surface area contributed by atoms with Gasteiger partial charge in [0.15, 0.2) is 17.3 Å². The molecular formula is C21H22F2N8O3. The van der Waals surface area contributed by atoms with Crippen LogP contribution in [0.3, 0.4) is 0 Å². The number of amides is 2. The molecule has 1 saturated carbocycles. The van der Waals surface area contributed by atoms with E-state index in [1.54, 1.807) is 18.2 Å². The minimum absolute atomic E-state index is 0.0275. The molecule has 34 heavy (non-hydrogen) atoms. The molecule has 0 unspecified atom stereocenters. The number of benzene rings is 1. The molecule has 2 amide bonds. The molecule has 4 rings (SSSR count). The van der Waals surface area contributed by atoms with E-state index >= 15 is 0 Å². The van der Waals surface area contributed by atoms with E-state index in [-0.39, 0.29) is 40.5 Å². The van der Waals surface area contributed by atoms with Gasteiger partial charge in [-0.1, -0.05) is 6.07 Å². The van der Waals surface area contributed by atoms with Crippen molar-refractivity contribution in [2.75, 3.05) is 24.7 Å². The predicted octanol–water partition coefficient (Wildman–Crippen LogP) is 2.46. The van der Waals surface area contributed by atoms with Crippen LogP contribution in [0.25, 0.3) is 11.3 Å². The average Bonchev–Trinajstić information content (AvgIpc) is 3.57. The van der Waals surface area contributed by atoms with Gasteiger partial charge in [-0.2, -0.15) is 15.0 Å². The van der Waals surface area contributed by atoms with E-state index in [1.165, 1.54) is 19.4 Å². The second-order valence-corrected chi connectivity index (χ2v) is 7.40. The fourth-order valence-electron chi connectivity index (χ4n) is 3.18. The van der Waals surface area contributed by atoms with Gasteiger partial charge in [-0.05, 0) is 25.0 Å². The minimum atomic E-state index is -2.78. The van der Waals surface area contributed by atoms with Crippen LogP contribution >= 0.6 is 0 Å². The summed E-state index contributed by atoms with van der Waals surface area (Å²) in [6, 6.07) is 6.20. The summed E-state index contributed by atoms with van der Waals surface area (Å²) in [6.45, 7) is -3.46. The van der Waals surface area contributed by atoms with Crippen LogP contribution in [0.1, 0.15) is 27.4 Å². The third kappa shape index (κ3) is 5.08. The van der Waals surface area contributed by atoms with Gasteiger partial charge in [-0.3, -0.25) is 9.59 Å². The summed E-state index contributed by atoms with van der Waals surface area (Å²) in [5, 5.41) is 23.0. The maximum Gasteiger partial charge on any atom is 0.273 e. The number of hydrogen-bond donors (Lipinski definition) is 3. The van der Waals surface area contributed by atoms with E-state index in [9.17, 15) is 18.4 Å². The van der Waals surface area contributed by atoms with Crippen LogP contribution in [0, 0.1) is 5.92 Å². The number of nitrogens with one attached hydrogen (secondary N) is 3. The summed E-state index contributed by atoms with van der Waals surface area (Å²) >= 11 is 0. The fourth-order valence-corrected chi connectivity index (χ4v) is 3.18. The minimum Gasteiger partial charge on any atom is -0.494 e. The highest BCUT2D eigenvalue weighted by Crippen LogP contribution is 2.37. The SMILES string of the molecule is [2H]C([2H])([2H])NC(=O)c1nnc(NC(=O)C2CC2)cc1Nc1cccc(-c2cnn(CC(F)F)n2)c1OC. The second kappa shape index (κ2) is 9.77. The summed E-state index contributed by atoms with van der Waals surface area (Å²) in [4.78, 5) is 25.7. The van der Waals surface area contributed by atoms with Crippen LogP contribution in [-0.2, 0) is 11.3 Å². The lowest BCUT2D eigenvalue weighted by Gasteiger charge is -2.16. The first-order chi connectivity index (χ1) is 17.5. The fraction of sp³-hybridized carbons (Fsp3) is 0.333. The van der Waals surface area contributed by atoms with E-state index in [0.29, 0.717) is 11.3 Å². The quantitative estimate of drug-likeness (QED) is 0.429. The van der Waals surface area contributed by atoms with E-state index < -0.39 is 25.9 Å². The Morgan fingerprint density at radius 3 is 2.82 bits per heavy atom. The molecule has 1 aliphatic rings. The van der Waals surface area contributed by atoms with Gasteiger partial charge in [-0.25, -0.2) is 8.78 Å². The van der Waals surface area contributed by atoms with Gasteiger partial charge < -0.3 is 20.7 Å². The van der Waals surface area contributed by atoms with Crippen molar-refractivity contribution in [3.05, 3.63) is 36.2 Å². The zero-order valence-electron chi connectivity index (χ0n) is 20.9. The van der Waals surface area contributed by atoms with Crippen LogP contribution in [0.15, 0.2) is 30.5 Å². The molecule has 3 aromatic rings. The lowest BCUT2D eigenvalue weighted by molar-refractivity contribution is -0.117. The molecule has 0 spiro atoms. The Morgan fingerprint density at radius 1 is 1.29 bits per heavy atom. The molecule has 11 nitrogen and oxygen atoms in total. The number of nitrogens with zero attached hydrogens (tertiary/aromatic N) is 5. The number of carbonyl (C=O) groups excluding carboxylic acids is 2. The zero-order chi connectivity index (χ0) is 26.7. The standard InChI is InChI=1S/C21H22F2N8O3/c1-24-21(33)18-14(8-17(28-29-18)27-20(32)11-6-7-11)26-13-5-3-4-12(19(13)34-2)15-9-25-31(30-15)10-16(22)23/h3-5,8-9,11,16H,6-7,10H2,1-2H3,(H,24,33)(H2,26,27,28,32)/i1D3. The molecule has 178 valence electrons. The first-order valence-electron chi connectivity index (χ1n) is 11.7. The number of hydrogen-bond acceptors (Lipinski definition) is 8. The third-order valence-electron chi connectivity index (χ3n) is 4.92. The molecule has 0 aliphatic heterocycles. The van der Waals surface area contributed by atoms with Gasteiger partial charge in [-0.15, -0.1) is 10.2 Å². The molecule has 2 heterocycles. The number of halogens is 2. The summed E-state index contributed by atoms with van der Waals surface area (Å²) < 4.78 is 52.9. The Bertz CT molecular complexity index is 1310. The molecule has 1 fully saturated rings. The summed E-state index contributed by atoms with van der Waals surface area (Å²) in [6.07, 6.45) is 0.187. The highest BCUT2D eigenvalue weighted by molar-refractivity contribution is 6.00. The molecule has 0 atom stereocenters. The summed E-state index contributed by atoms with van der Waals surface area (Å²) in [5.74, 6) is -1.11. The number of para-hydroxylation sites is 1. The maximum atomic E-state index is 12.7. The number of rotatable bonds is 9. The molecule has 0 bridgehead atoms. The summed E-state index contributed by atoms with van der Waals surface area (Å²) in [5.41, 5.74) is 0.645.